The van der Waals surface area contributed by atoms with Crippen molar-refractivity contribution in [1.29, 1.82) is 5.41 Å². The van der Waals surface area contributed by atoms with Crippen LogP contribution in [0.4, 0.5) is 5.82 Å². The van der Waals surface area contributed by atoms with Crippen LogP contribution in [-0.4, -0.2) is 28.0 Å². The summed E-state index contributed by atoms with van der Waals surface area (Å²) in [5, 5.41) is 20.1. The van der Waals surface area contributed by atoms with Gasteiger partial charge in [-0.15, -0.1) is 16.2 Å². The number of nitrogens with one attached hydrogen (secondary N) is 3. The Balaban J connectivity index is 1.55. The van der Waals surface area contributed by atoms with Gasteiger partial charge in [0.2, 0.25) is 0 Å². The van der Waals surface area contributed by atoms with E-state index in [0.29, 0.717) is 23.7 Å². The fourth-order valence-electron chi connectivity index (χ4n) is 3.30. The zero-order valence-electron chi connectivity index (χ0n) is 17.3. The summed E-state index contributed by atoms with van der Waals surface area (Å²) in [7, 11) is 1.51. The lowest BCUT2D eigenvalue weighted by Gasteiger charge is -2.09. The van der Waals surface area contributed by atoms with Crippen molar-refractivity contribution in [2.45, 2.75) is 13.5 Å². The summed E-state index contributed by atoms with van der Waals surface area (Å²) < 4.78 is 5.96. The van der Waals surface area contributed by atoms with Gasteiger partial charge in [-0.05, 0) is 40.9 Å². The fraction of sp³-hybridized carbons (Fsp3) is 0.136. The van der Waals surface area contributed by atoms with Crippen LogP contribution in [0.3, 0.4) is 0 Å². The number of hydrogen-bond donors (Lipinski definition) is 4. The molecule has 9 nitrogen and oxygen atoms in total. The van der Waals surface area contributed by atoms with Crippen LogP contribution in [0.2, 0.25) is 0 Å². The van der Waals surface area contributed by atoms with Gasteiger partial charge >= 0.3 is 0 Å². The second kappa shape index (κ2) is 9.08. The average molecular weight is 449 g/mol. The Bertz CT molecular complexity index is 1300. The SMILES string of the molecule is COc1ccc(CNNc2ncnc3c(C)c(-c4ccc(C(=N)N=O)cc4)sc23)cc1O. The average Bonchev–Trinajstić information content (AvgIpc) is 3.16. The molecule has 2 heterocycles. The molecule has 162 valence electrons. The number of phenols is 1. The van der Waals surface area contributed by atoms with E-state index in [2.05, 4.69) is 26.0 Å². The van der Waals surface area contributed by atoms with Gasteiger partial charge in [-0.1, -0.05) is 30.3 Å². The predicted molar refractivity (Wildman–Crippen MR) is 125 cm³/mol. The Morgan fingerprint density at radius 3 is 2.69 bits per heavy atom. The summed E-state index contributed by atoms with van der Waals surface area (Å²) in [5.41, 5.74) is 10.4. The minimum absolute atomic E-state index is 0.0832. The molecule has 2 aromatic carbocycles. The minimum atomic E-state index is -0.293. The number of hydrazine groups is 1. The fourth-order valence-corrected chi connectivity index (χ4v) is 4.51. The second-order valence-corrected chi connectivity index (χ2v) is 7.98. The predicted octanol–water partition coefficient (Wildman–Crippen LogP) is 4.59. The molecule has 2 aromatic heterocycles. The van der Waals surface area contributed by atoms with E-state index in [9.17, 15) is 10.0 Å². The largest absolute Gasteiger partial charge is 0.504 e. The molecule has 0 aliphatic carbocycles. The Labute approximate surface area is 187 Å². The third-order valence-corrected chi connectivity index (χ3v) is 6.29. The molecule has 0 aliphatic heterocycles. The Hall–Kier alpha value is -3.89. The second-order valence-electron chi connectivity index (χ2n) is 6.96. The molecule has 0 radical (unpaired) electrons. The van der Waals surface area contributed by atoms with E-state index in [0.717, 1.165) is 31.8 Å². The van der Waals surface area contributed by atoms with Crippen LogP contribution in [0.5, 0.6) is 11.5 Å². The van der Waals surface area contributed by atoms with E-state index >= 15 is 0 Å². The molecule has 0 bridgehead atoms. The van der Waals surface area contributed by atoms with E-state index in [4.69, 9.17) is 10.1 Å². The van der Waals surface area contributed by atoms with Crippen molar-refractivity contribution < 1.29 is 9.84 Å². The highest BCUT2D eigenvalue weighted by molar-refractivity contribution is 7.23. The molecular weight excluding hydrogens is 428 g/mol. The van der Waals surface area contributed by atoms with Gasteiger partial charge in [0.05, 0.1) is 17.3 Å². The van der Waals surface area contributed by atoms with Gasteiger partial charge < -0.3 is 15.3 Å². The number of fused-ring (bicyclic) bond motifs is 1. The first-order valence-corrected chi connectivity index (χ1v) is 10.4. The quantitative estimate of drug-likeness (QED) is 0.141. The van der Waals surface area contributed by atoms with Crippen molar-refractivity contribution in [2.75, 3.05) is 12.5 Å². The number of nitroso groups, excluding NO2 is 1. The lowest BCUT2D eigenvalue weighted by atomic mass is 10.1. The van der Waals surface area contributed by atoms with E-state index in [1.54, 1.807) is 35.6 Å². The first-order chi connectivity index (χ1) is 15.5. The number of ether oxygens (including phenoxy) is 1. The molecule has 4 rings (SSSR count). The van der Waals surface area contributed by atoms with Crippen LogP contribution in [0.1, 0.15) is 16.7 Å². The molecule has 0 fully saturated rings. The van der Waals surface area contributed by atoms with Crippen molar-refractivity contribution in [3.8, 4) is 21.9 Å². The lowest BCUT2D eigenvalue weighted by Crippen LogP contribution is -2.21. The molecule has 0 aliphatic rings. The number of aromatic nitrogens is 2. The summed E-state index contributed by atoms with van der Waals surface area (Å²) in [6.45, 7) is 2.46. The first-order valence-electron chi connectivity index (χ1n) is 9.63. The highest BCUT2D eigenvalue weighted by atomic mass is 32.1. The van der Waals surface area contributed by atoms with E-state index in [1.807, 2.05) is 25.1 Å². The first kappa shape index (κ1) is 21.3. The van der Waals surface area contributed by atoms with Crippen LogP contribution in [0.15, 0.2) is 54.0 Å². The van der Waals surface area contributed by atoms with Crippen LogP contribution in [0, 0.1) is 17.2 Å². The van der Waals surface area contributed by atoms with Crippen molar-refractivity contribution in [2.24, 2.45) is 5.18 Å². The number of thiophene rings is 1. The zero-order chi connectivity index (χ0) is 22.7. The Morgan fingerprint density at radius 1 is 1.22 bits per heavy atom. The van der Waals surface area contributed by atoms with Gasteiger partial charge in [0.15, 0.2) is 23.2 Å². The molecule has 10 heteroatoms. The topological polar surface area (TPSA) is 133 Å². The number of aromatic hydroxyl groups is 1. The number of anilines is 1. The van der Waals surface area contributed by atoms with Crippen LogP contribution >= 0.6 is 11.3 Å². The maximum Gasteiger partial charge on any atom is 0.196 e. The maximum absolute atomic E-state index is 10.6. The molecule has 0 spiro atoms. The van der Waals surface area contributed by atoms with Crippen molar-refractivity contribution in [1.82, 2.24) is 15.4 Å². The molecule has 4 N–H and O–H groups in total. The third kappa shape index (κ3) is 4.13. The molecule has 0 unspecified atom stereocenters. The standard InChI is InChI=1S/C22H20N6O3S/c1-12-18-20(32-19(12)14-4-6-15(7-5-14)21(23)28-30)22(25-11-24-18)27-26-10-13-3-8-17(31-2)16(29)9-13/h3-9,11,23,26,29H,10H2,1-2H3,(H,24,25,27). The molecular formula is C22H20N6O3S. The number of amidine groups is 1. The van der Waals surface area contributed by atoms with Crippen LogP contribution in [0.25, 0.3) is 20.7 Å². The smallest absolute Gasteiger partial charge is 0.196 e. The third-order valence-electron chi connectivity index (χ3n) is 4.96. The highest BCUT2D eigenvalue weighted by Crippen LogP contribution is 2.39. The van der Waals surface area contributed by atoms with E-state index in [1.165, 1.54) is 13.4 Å². The summed E-state index contributed by atoms with van der Waals surface area (Å²) in [5.74, 6) is 0.863. The summed E-state index contributed by atoms with van der Waals surface area (Å²) in [6, 6.07) is 12.4. The van der Waals surface area contributed by atoms with E-state index in [-0.39, 0.29) is 11.6 Å². The van der Waals surface area contributed by atoms with Gasteiger partial charge in [0.25, 0.3) is 0 Å². The number of rotatable bonds is 7. The van der Waals surface area contributed by atoms with Gasteiger partial charge in [-0.25, -0.2) is 15.4 Å². The van der Waals surface area contributed by atoms with Gasteiger partial charge in [0.1, 0.15) is 6.33 Å². The lowest BCUT2D eigenvalue weighted by molar-refractivity contribution is 0.373. The number of phenolic OH excluding ortho intramolecular Hbond substituents is 1. The zero-order valence-corrected chi connectivity index (χ0v) is 18.2. The Kier molecular flexibility index (Phi) is 6.06. The number of benzene rings is 2. The van der Waals surface area contributed by atoms with Crippen molar-refractivity contribution in [3.05, 3.63) is 70.4 Å². The van der Waals surface area contributed by atoms with Crippen molar-refractivity contribution >= 4 is 33.2 Å². The summed E-state index contributed by atoms with van der Waals surface area (Å²) >= 11 is 1.55. The van der Waals surface area contributed by atoms with Crippen molar-refractivity contribution in [3.63, 3.8) is 0 Å². The highest BCUT2D eigenvalue weighted by Gasteiger charge is 2.15. The maximum atomic E-state index is 10.6. The van der Waals surface area contributed by atoms with Gasteiger partial charge in [0, 0.05) is 17.0 Å². The number of methoxy groups -OCH3 is 1. The molecule has 0 amide bonds. The number of aryl methyl sites for hydroxylation is 1. The summed E-state index contributed by atoms with van der Waals surface area (Å²) in [6.07, 6.45) is 1.51. The Morgan fingerprint density at radius 2 is 2.00 bits per heavy atom. The summed E-state index contributed by atoms with van der Waals surface area (Å²) in [4.78, 5) is 20.4. The monoisotopic (exact) mass is 448 g/mol. The number of nitrogens with zero attached hydrogens (tertiary/aromatic N) is 3. The molecule has 0 atom stereocenters. The van der Waals surface area contributed by atoms with Gasteiger partial charge in [-0.2, -0.15) is 0 Å². The van der Waals surface area contributed by atoms with Gasteiger partial charge in [-0.3, -0.25) is 5.41 Å². The normalized spacial score (nSPS) is 10.8. The van der Waals surface area contributed by atoms with E-state index < -0.39 is 0 Å². The number of hydrogen-bond acceptors (Lipinski definition) is 9. The molecule has 32 heavy (non-hydrogen) atoms. The molecule has 0 saturated heterocycles. The van der Waals surface area contributed by atoms with Crippen LogP contribution < -0.4 is 15.6 Å². The minimum Gasteiger partial charge on any atom is -0.504 e. The van der Waals surface area contributed by atoms with Crippen LogP contribution in [-0.2, 0) is 6.54 Å². The molecule has 4 aromatic rings. The molecule has 0 saturated carbocycles.